The molecule has 110 valence electrons. The molecular weight excluding hydrogens is 256 g/mol. The molecule has 1 aromatic heterocycles. The van der Waals surface area contributed by atoms with E-state index in [1.807, 2.05) is 6.92 Å². The molecule has 0 spiro atoms. The third-order valence-corrected chi connectivity index (χ3v) is 3.90. The van der Waals surface area contributed by atoms with Crippen molar-refractivity contribution >= 4 is 11.6 Å². The molecule has 2 atom stereocenters. The molecule has 0 aromatic carbocycles. The second kappa shape index (κ2) is 5.83. The lowest BCUT2D eigenvalue weighted by atomic mass is 10.1. The van der Waals surface area contributed by atoms with Crippen molar-refractivity contribution in [2.75, 3.05) is 30.9 Å². The Morgan fingerprint density at radius 1 is 1.30 bits per heavy atom. The number of hydrogen-bond donors (Lipinski definition) is 2. The van der Waals surface area contributed by atoms with Crippen molar-refractivity contribution in [3.05, 3.63) is 6.33 Å². The van der Waals surface area contributed by atoms with E-state index in [-0.39, 0.29) is 0 Å². The average Bonchev–Trinajstić information content (AvgIpc) is 3.20. The van der Waals surface area contributed by atoms with Crippen LogP contribution in [0.1, 0.15) is 26.2 Å². The van der Waals surface area contributed by atoms with Gasteiger partial charge >= 0.3 is 0 Å². The van der Waals surface area contributed by atoms with Crippen LogP contribution in [0.15, 0.2) is 6.33 Å². The van der Waals surface area contributed by atoms with Crippen LogP contribution in [0.2, 0.25) is 0 Å². The molecule has 0 radical (unpaired) electrons. The Hall–Kier alpha value is -1.56. The van der Waals surface area contributed by atoms with Crippen molar-refractivity contribution in [3.8, 4) is 5.75 Å². The Morgan fingerprint density at radius 3 is 2.80 bits per heavy atom. The van der Waals surface area contributed by atoms with Crippen molar-refractivity contribution in [1.82, 2.24) is 9.97 Å². The van der Waals surface area contributed by atoms with Gasteiger partial charge in [-0.3, -0.25) is 0 Å². The number of methoxy groups -OCH3 is 1. The molecule has 3 rings (SSSR count). The minimum Gasteiger partial charge on any atom is -0.490 e. The summed E-state index contributed by atoms with van der Waals surface area (Å²) in [6.45, 7) is 3.65. The van der Waals surface area contributed by atoms with Gasteiger partial charge in [-0.05, 0) is 32.1 Å². The van der Waals surface area contributed by atoms with Crippen LogP contribution in [0.5, 0.6) is 5.75 Å². The molecule has 2 fully saturated rings. The van der Waals surface area contributed by atoms with E-state index in [4.69, 9.17) is 9.47 Å². The standard InChI is InChI=1S/C14H22N4O2/c1-3-15-13-12(19-2)14(17-8-16-13)18-10-6-7-20-11(10)9-4-5-9/h8-11H,3-7H2,1-2H3,(H2,15,16,17,18). The zero-order valence-electron chi connectivity index (χ0n) is 12.1. The van der Waals surface area contributed by atoms with Crippen LogP contribution < -0.4 is 15.4 Å². The summed E-state index contributed by atoms with van der Waals surface area (Å²) >= 11 is 0. The van der Waals surface area contributed by atoms with Crippen molar-refractivity contribution in [2.45, 2.75) is 38.3 Å². The molecular formula is C14H22N4O2. The Labute approximate surface area is 119 Å². The molecule has 0 amide bonds. The minimum atomic E-state index is 0.317. The fourth-order valence-electron chi connectivity index (χ4n) is 2.79. The van der Waals surface area contributed by atoms with Gasteiger partial charge in [0.15, 0.2) is 11.6 Å². The quantitative estimate of drug-likeness (QED) is 0.828. The summed E-state index contributed by atoms with van der Waals surface area (Å²) in [4.78, 5) is 8.55. The van der Waals surface area contributed by atoms with Gasteiger partial charge in [0.2, 0.25) is 5.75 Å². The Morgan fingerprint density at radius 2 is 2.10 bits per heavy atom. The van der Waals surface area contributed by atoms with Crippen LogP contribution in [-0.2, 0) is 4.74 Å². The van der Waals surface area contributed by atoms with Crippen LogP contribution in [0, 0.1) is 5.92 Å². The molecule has 6 heteroatoms. The van der Waals surface area contributed by atoms with E-state index in [2.05, 4.69) is 20.6 Å². The molecule has 1 aromatic rings. The SMILES string of the molecule is CCNc1ncnc(NC2CCOC2C2CC2)c1OC. The highest BCUT2D eigenvalue weighted by molar-refractivity contribution is 5.63. The maximum Gasteiger partial charge on any atom is 0.204 e. The molecule has 20 heavy (non-hydrogen) atoms. The summed E-state index contributed by atoms with van der Waals surface area (Å²) in [6, 6.07) is 0.320. The van der Waals surface area contributed by atoms with Crippen molar-refractivity contribution in [3.63, 3.8) is 0 Å². The second-order valence-corrected chi connectivity index (χ2v) is 5.35. The summed E-state index contributed by atoms with van der Waals surface area (Å²) in [7, 11) is 1.65. The molecule has 2 heterocycles. The maximum absolute atomic E-state index is 5.85. The van der Waals surface area contributed by atoms with Crippen LogP contribution >= 0.6 is 0 Å². The molecule has 1 aliphatic heterocycles. The minimum absolute atomic E-state index is 0.317. The fraction of sp³-hybridized carbons (Fsp3) is 0.714. The number of anilines is 2. The highest BCUT2D eigenvalue weighted by atomic mass is 16.5. The van der Waals surface area contributed by atoms with Gasteiger partial charge in [0.1, 0.15) is 6.33 Å². The van der Waals surface area contributed by atoms with Gasteiger partial charge < -0.3 is 20.1 Å². The van der Waals surface area contributed by atoms with Gasteiger partial charge in [-0.1, -0.05) is 0 Å². The summed E-state index contributed by atoms with van der Waals surface area (Å²) < 4.78 is 11.3. The molecule has 6 nitrogen and oxygen atoms in total. The van der Waals surface area contributed by atoms with Crippen LogP contribution in [0.25, 0.3) is 0 Å². The van der Waals surface area contributed by atoms with Gasteiger partial charge in [-0.2, -0.15) is 0 Å². The summed E-state index contributed by atoms with van der Waals surface area (Å²) in [6.07, 6.45) is 5.46. The lowest BCUT2D eigenvalue weighted by molar-refractivity contribution is 0.0897. The van der Waals surface area contributed by atoms with Gasteiger partial charge in [0.05, 0.1) is 19.3 Å². The normalized spacial score (nSPS) is 25.5. The van der Waals surface area contributed by atoms with Gasteiger partial charge in [-0.15, -0.1) is 0 Å². The van der Waals surface area contributed by atoms with E-state index in [0.717, 1.165) is 37.1 Å². The third kappa shape index (κ3) is 2.65. The first-order valence-corrected chi connectivity index (χ1v) is 7.34. The lowest BCUT2D eigenvalue weighted by Crippen LogP contribution is -2.31. The molecule has 2 N–H and O–H groups in total. The predicted molar refractivity (Wildman–Crippen MR) is 77.2 cm³/mol. The average molecular weight is 278 g/mol. The summed E-state index contributed by atoms with van der Waals surface area (Å²) in [5, 5.41) is 6.68. The topological polar surface area (TPSA) is 68.3 Å². The molecule has 1 saturated heterocycles. The Kier molecular flexibility index (Phi) is 3.91. The van der Waals surface area contributed by atoms with Gasteiger partial charge in [0.25, 0.3) is 0 Å². The zero-order valence-corrected chi connectivity index (χ0v) is 12.1. The molecule has 1 saturated carbocycles. The van der Waals surface area contributed by atoms with E-state index in [1.165, 1.54) is 12.8 Å². The second-order valence-electron chi connectivity index (χ2n) is 5.35. The van der Waals surface area contributed by atoms with Crippen molar-refractivity contribution < 1.29 is 9.47 Å². The van der Waals surface area contributed by atoms with Crippen molar-refractivity contribution in [2.24, 2.45) is 5.92 Å². The zero-order chi connectivity index (χ0) is 13.9. The Bertz CT molecular complexity index is 464. The lowest BCUT2D eigenvalue weighted by Gasteiger charge is -2.21. The number of aromatic nitrogens is 2. The number of nitrogens with one attached hydrogen (secondary N) is 2. The highest BCUT2D eigenvalue weighted by Crippen LogP contribution is 2.40. The Balaban J connectivity index is 1.77. The van der Waals surface area contributed by atoms with Crippen LogP contribution in [0.4, 0.5) is 11.6 Å². The molecule has 2 unspecified atom stereocenters. The van der Waals surface area contributed by atoms with E-state index in [9.17, 15) is 0 Å². The maximum atomic E-state index is 5.85. The van der Waals surface area contributed by atoms with Gasteiger partial charge in [-0.25, -0.2) is 9.97 Å². The number of nitrogens with zero attached hydrogens (tertiary/aromatic N) is 2. The van der Waals surface area contributed by atoms with Crippen molar-refractivity contribution in [1.29, 1.82) is 0 Å². The summed E-state index contributed by atoms with van der Waals surface area (Å²) in [5.41, 5.74) is 0. The molecule has 2 aliphatic rings. The van der Waals surface area contributed by atoms with E-state index in [0.29, 0.717) is 17.9 Å². The largest absolute Gasteiger partial charge is 0.490 e. The van der Waals surface area contributed by atoms with E-state index < -0.39 is 0 Å². The number of rotatable bonds is 6. The monoisotopic (exact) mass is 278 g/mol. The van der Waals surface area contributed by atoms with E-state index in [1.54, 1.807) is 13.4 Å². The van der Waals surface area contributed by atoms with Crippen LogP contribution in [0.3, 0.4) is 0 Å². The van der Waals surface area contributed by atoms with Crippen LogP contribution in [-0.4, -0.2) is 42.4 Å². The highest BCUT2D eigenvalue weighted by Gasteiger charge is 2.41. The predicted octanol–water partition coefficient (Wildman–Crippen LogP) is 1.90. The number of ether oxygens (including phenoxy) is 2. The fourth-order valence-corrected chi connectivity index (χ4v) is 2.79. The smallest absolute Gasteiger partial charge is 0.204 e. The first-order valence-electron chi connectivity index (χ1n) is 7.34. The summed E-state index contributed by atoms with van der Waals surface area (Å²) in [5.74, 6) is 2.88. The number of hydrogen-bond acceptors (Lipinski definition) is 6. The molecule has 1 aliphatic carbocycles. The molecule has 0 bridgehead atoms. The first-order chi connectivity index (χ1) is 9.83. The first kappa shape index (κ1) is 13.4. The van der Waals surface area contributed by atoms with E-state index >= 15 is 0 Å². The van der Waals surface area contributed by atoms with Gasteiger partial charge in [0, 0.05) is 13.2 Å². The third-order valence-electron chi connectivity index (χ3n) is 3.90.